The number of hydrogen-bond acceptors (Lipinski definition) is 5. The summed E-state index contributed by atoms with van der Waals surface area (Å²) in [6, 6.07) is 26.8. The molecule has 0 aliphatic heterocycles. The molecule has 7 heteroatoms. The first-order valence-corrected chi connectivity index (χ1v) is 10.9. The summed E-state index contributed by atoms with van der Waals surface area (Å²) in [6.45, 7) is -0.510. The predicted octanol–water partition coefficient (Wildman–Crippen LogP) is 5.62. The van der Waals surface area contributed by atoms with Gasteiger partial charge in [-0.05, 0) is 42.7 Å². The summed E-state index contributed by atoms with van der Waals surface area (Å²) in [5.74, 6) is 0.694. The van der Waals surface area contributed by atoms with Crippen LogP contribution < -0.4 is 9.05 Å². The first-order chi connectivity index (χ1) is 14.0. The fourth-order valence-electron chi connectivity index (χ4n) is 2.92. The number of hydrogen-bond donors (Lipinski definition) is 0. The lowest BCUT2D eigenvalue weighted by Gasteiger charge is -2.25. The Morgan fingerprint density at radius 2 is 1.24 bits per heavy atom. The van der Waals surface area contributed by atoms with Crippen molar-refractivity contribution in [2.24, 2.45) is 0 Å². The maximum absolute atomic E-state index is 13.9. The Morgan fingerprint density at radius 1 is 0.793 bits per heavy atom. The summed E-state index contributed by atoms with van der Waals surface area (Å²) in [5.41, 5.74) is 0.102. The van der Waals surface area contributed by atoms with Crippen LogP contribution in [0, 0.1) is 10.1 Å². The Bertz CT molecular complexity index is 905. The minimum absolute atomic E-state index is 0.294. The Balaban J connectivity index is 1.89. The van der Waals surface area contributed by atoms with E-state index in [1.165, 1.54) is 0 Å². The van der Waals surface area contributed by atoms with Crippen LogP contribution in [0.15, 0.2) is 91.0 Å². The van der Waals surface area contributed by atoms with Crippen molar-refractivity contribution in [1.82, 2.24) is 0 Å². The molecule has 0 saturated carbocycles. The summed E-state index contributed by atoms with van der Waals surface area (Å²) in [5, 5.41) is 11.3. The van der Waals surface area contributed by atoms with E-state index in [2.05, 4.69) is 0 Å². The lowest BCUT2D eigenvalue weighted by atomic mass is 10.1. The Hall–Kier alpha value is -3.11. The van der Waals surface area contributed by atoms with Gasteiger partial charge in [-0.3, -0.25) is 10.1 Å². The molecule has 0 amide bonds. The zero-order valence-electron chi connectivity index (χ0n) is 15.8. The molecule has 0 heterocycles. The van der Waals surface area contributed by atoms with E-state index >= 15 is 0 Å². The number of rotatable bonds is 10. The third-order valence-electron chi connectivity index (χ3n) is 4.37. The first kappa shape index (κ1) is 20.6. The molecule has 6 nitrogen and oxygen atoms in total. The minimum atomic E-state index is -3.91. The average Bonchev–Trinajstić information content (AvgIpc) is 2.73. The molecule has 0 N–H and O–H groups in total. The van der Waals surface area contributed by atoms with Gasteiger partial charge in [0.2, 0.25) is 6.54 Å². The van der Waals surface area contributed by atoms with Crippen LogP contribution in [0.25, 0.3) is 0 Å². The highest BCUT2D eigenvalue weighted by Gasteiger charge is 2.42. The molecule has 150 valence electrons. The Kier molecular flexibility index (Phi) is 7.04. The summed E-state index contributed by atoms with van der Waals surface area (Å²) < 4.78 is 25.4. The van der Waals surface area contributed by atoms with Gasteiger partial charge >= 0.3 is 7.60 Å². The second kappa shape index (κ2) is 9.89. The monoisotopic (exact) mass is 411 g/mol. The van der Waals surface area contributed by atoms with Gasteiger partial charge in [-0.1, -0.05) is 66.7 Å². The van der Waals surface area contributed by atoms with E-state index in [1.54, 1.807) is 60.7 Å². The van der Waals surface area contributed by atoms with Gasteiger partial charge in [0.25, 0.3) is 0 Å². The van der Waals surface area contributed by atoms with Crippen molar-refractivity contribution in [3.63, 3.8) is 0 Å². The van der Waals surface area contributed by atoms with Crippen LogP contribution in [0.3, 0.4) is 0 Å². The third kappa shape index (κ3) is 6.19. The third-order valence-corrected chi connectivity index (χ3v) is 6.61. The smallest absolute Gasteiger partial charge is 0.416 e. The van der Waals surface area contributed by atoms with Crippen molar-refractivity contribution in [2.75, 3.05) is 6.54 Å². The quantitative estimate of drug-likeness (QED) is 0.246. The van der Waals surface area contributed by atoms with E-state index in [9.17, 15) is 14.7 Å². The second-order valence-corrected chi connectivity index (χ2v) is 8.72. The molecule has 1 atom stereocenters. The van der Waals surface area contributed by atoms with E-state index in [0.29, 0.717) is 24.3 Å². The molecule has 3 rings (SSSR count). The first-order valence-electron chi connectivity index (χ1n) is 9.30. The van der Waals surface area contributed by atoms with Gasteiger partial charge in [0.15, 0.2) is 0 Å². The fraction of sp³-hybridized carbons (Fsp3) is 0.182. The highest BCUT2D eigenvalue weighted by Crippen LogP contribution is 2.54. The molecule has 29 heavy (non-hydrogen) atoms. The average molecular weight is 411 g/mol. The highest BCUT2D eigenvalue weighted by molar-refractivity contribution is 7.55. The van der Waals surface area contributed by atoms with Gasteiger partial charge in [0.1, 0.15) is 17.2 Å². The Labute approximate surface area is 169 Å². The number of aryl methyl sites for hydroxylation is 1. The van der Waals surface area contributed by atoms with Crippen LogP contribution in [0.2, 0.25) is 0 Å². The van der Waals surface area contributed by atoms with Gasteiger partial charge in [-0.25, -0.2) is 4.57 Å². The van der Waals surface area contributed by atoms with Crippen LogP contribution in [-0.2, 0) is 11.0 Å². The topological polar surface area (TPSA) is 78.7 Å². The fourth-order valence-corrected chi connectivity index (χ4v) is 4.87. The van der Waals surface area contributed by atoms with Crippen LogP contribution in [0.1, 0.15) is 12.0 Å². The van der Waals surface area contributed by atoms with Crippen molar-refractivity contribution in [2.45, 2.75) is 18.5 Å². The molecular formula is C22H22NO5P. The molecule has 0 aromatic heterocycles. The number of nitro groups is 1. The summed E-state index contributed by atoms with van der Waals surface area (Å²) in [7, 11) is -3.91. The molecule has 0 aliphatic carbocycles. The number of benzene rings is 3. The van der Waals surface area contributed by atoms with Gasteiger partial charge in [-0.2, -0.15) is 0 Å². The van der Waals surface area contributed by atoms with Gasteiger partial charge in [-0.15, -0.1) is 0 Å². The largest absolute Gasteiger partial charge is 0.440 e. The standard InChI is InChI=1S/C22H22NO5P/c24-23(25)18-22(17-16-19-10-4-1-5-11-19)29(26,27-20-12-6-2-7-13-20)28-21-14-8-3-9-15-21/h1-15,22H,16-18H2/t22-/m0/s1. The maximum Gasteiger partial charge on any atom is 0.440 e. The van der Waals surface area contributed by atoms with Crippen molar-refractivity contribution in [3.05, 3.63) is 107 Å². The van der Waals surface area contributed by atoms with Gasteiger partial charge < -0.3 is 9.05 Å². The molecule has 0 aliphatic rings. The predicted molar refractivity (Wildman–Crippen MR) is 112 cm³/mol. The van der Waals surface area contributed by atoms with Crippen molar-refractivity contribution >= 4 is 7.60 Å². The molecule has 0 saturated heterocycles. The van der Waals surface area contributed by atoms with E-state index in [1.807, 2.05) is 30.3 Å². The number of nitrogens with zero attached hydrogens (tertiary/aromatic N) is 1. The van der Waals surface area contributed by atoms with Crippen molar-refractivity contribution in [1.29, 1.82) is 0 Å². The highest BCUT2D eigenvalue weighted by atomic mass is 31.2. The minimum Gasteiger partial charge on any atom is -0.416 e. The van der Waals surface area contributed by atoms with Gasteiger partial charge in [0.05, 0.1) is 0 Å². The lowest BCUT2D eigenvalue weighted by molar-refractivity contribution is -0.479. The second-order valence-electron chi connectivity index (χ2n) is 6.54. The summed E-state index contributed by atoms with van der Waals surface area (Å²) in [4.78, 5) is 10.9. The van der Waals surface area contributed by atoms with Gasteiger partial charge in [0, 0.05) is 4.92 Å². The summed E-state index contributed by atoms with van der Waals surface area (Å²) >= 11 is 0. The van der Waals surface area contributed by atoms with E-state index in [-0.39, 0.29) is 0 Å². The number of para-hydroxylation sites is 2. The van der Waals surface area contributed by atoms with E-state index in [4.69, 9.17) is 9.05 Å². The zero-order chi connectivity index (χ0) is 20.5. The van der Waals surface area contributed by atoms with E-state index in [0.717, 1.165) is 5.56 Å². The molecule has 0 radical (unpaired) electrons. The van der Waals surface area contributed by atoms with E-state index < -0.39 is 24.7 Å². The molecule has 3 aromatic rings. The molecule has 0 spiro atoms. The maximum atomic E-state index is 13.9. The zero-order valence-corrected chi connectivity index (χ0v) is 16.7. The van der Waals surface area contributed by atoms with Crippen LogP contribution in [-0.4, -0.2) is 17.1 Å². The van der Waals surface area contributed by atoms with Crippen LogP contribution in [0.5, 0.6) is 11.5 Å². The molecule has 0 bridgehead atoms. The van der Waals surface area contributed by atoms with Crippen molar-refractivity contribution < 1.29 is 18.5 Å². The van der Waals surface area contributed by atoms with Crippen LogP contribution >= 0.6 is 7.60 Å². The lowest BCUT2D eigenvalue weighted by Crippen LogP contribution is -2.26. The molecule has 3 aromatic carbocycles. The summed E-state index contributed by atoms with van der Waals surface area (Å²) in [6.07, 6.45) is 0.821. The molecule has 0 unspecified atom stereocenters. The Morgan fingerprint density at radius 3 is 1.69 bits per heavy atom. The van der Waals surface area contributed by atoms with Crippen molar-refractivity contribution in [3.8, 4) is 11.5 Å². The SMILES string of the molecule is O=[N+]([O-])C[C@H](CCc1ccccc1)P(=O)(Oc1ccccc1)Oc1ccccc1. The molecular weight excluding hydrogens is 389 g/mol. The normalized spacial score (nSPS) is 12.1. The molecule has 0 fully saturated rings. The van der Waals surface area contributed by atoms with Crippen LogP contribution in [0.4, 0.5) is 0 Å².